The van der Waals surface area contributed by atoms with E-state index in [0.29, 0.717) is 0 Å². The Hall–Kier alpha value is -2.73. The van der Waals surface area contributed by atoms with E-state index in [1.54, 1.807) is 0 Å². The highest BCUT2D eigenvalue weighted by Crippen LogP contribution is 2.28. The molecule has 1 heterocycles. The molecule has 0 aromatic rings. The Morgan fingerprint density at radius 3 is 2.00 bits per heavy atom. The summed E-state index contributed by atoms with van der Waals surface area (Å²) < 4.78 is 31.4. The molecule has 1 aliphatic heterocycles. The third-order valence-electron chi connectivity index (χ3n) is 3.95. The maximum atomic E-state index is 11.9. The molecule has 0 radical (unpaired) electrons. The number of rotatable bonds is 8. The smallest absolute Gasteiger partial charge is 0.334 e. The van der Waals surface area contributed by atoms with Crippen LogP contribution < -0.4 is 5.32 Å². The average molecular weight is 433 g/mol. The minimum atomic E-state index is -1.38. The predicted octanol–water partition coefficient (Wildman–Crippen LogP) is -0.779. The van der Waals surface area contributed by atoms with E-state index in [0.717, 1.165) is 21.0 Å². The number of hydrogen-bond donors (Lipinski definition) is 1. The largest absolute Gasteiger partial charge is 0.467 e. The molecule has 1 rings (SSSR count). The van der Waals surface area contributed by atoms with E-state index in [1.807, 2.05) is 0 Å². The van der Waals surface area contributed by atoms with E-state index in [-0.39, 0.29) is 6.61 Å². The number of ether oxygens (including phenoxy) is 6. The van der Waals surface area contributed by atoms with E-state index >= 15 is 0 Å². The van der Waals surface area contributed by atoms with Gasteiger partial charge in [0.2, 0.25) is 12.2 Å². The second-order valence-corrected chi connectivity index (χ2v) is 6.52. The lowest BCUT2D eigenvalue weighted by atomic mass is 9.95. The summed E-state index contributed by atoms with van der Waals surface area (Å²) in [6, 6.07) is -1.16. The molecular weight excluding hydrogens is 406 g/mol. The SMILES string of the molecule is COC(=O)[C@@H](C)O[C@H]1[C@H](OC(C)=O)[C@@H](COC(C)=O)OC(OC(C)=O)[C@@H]1NC(C)=O. The van der Waals surface area contributed by atoms with Crippen molar-refractivity contribution in [3.05, 3.63) is 0 Å². The molecule has 0 bridgehead atoms. The van der Waals surface area contributed by atoms with Crippen LogP contribution in [0.15, 0.2) is 0 Å². The first-order valence-corrected chi connectivity index (χ1v) is 9.09. The van der Waals surface area contributed by atoms with Crippen LogP contribution in [0.2, 0.25) is 0 Å². The predicted molar refractivity (Wildman–Crippen MR) is 96.6 cm³/mol. The molecule has 12 nitrogen and oxygen atoms in total. The molecule has 1 N–H and O–H groups in total. The van der Waals surface area contributed by atoms with Gasteiger partial charge in [0.05, 0.1) is 7.11 Å². The van der Waals surface area contributed by atoms with Gasteiger partial charge in [0, 0.05) is 27.7 Å². The highest BCUT2D eigenvalue weighted by Gasteiger charge is 2.51. The van der Waals surface area contributed by atoms with Crippen molar-refractivity contribution in [2.75, 3.05) is 13.7 Å². The van der Waals surface area contributed by atoms with E-state index in [1.165, 1.54) is 20.8 Å². The molecule has 0 spiro atoms. The van der Waals surface area contributed by atoms with Gasteiger partial charge in [0.15, 0.2) is 12.2 Å². The minimum Gasteiger partial charge on any atom is -0.467 e. The Morgan fingerprint density at radius 1 is 0.933 bits per heavy atom. The van der Waals surface area contributed by atoms with Gasteiger partial charge in [0.25, 0.3) is 0 Å². The maximum absolute atomic E-state index is 11.9. The summed E-state index contributed by atoms with van der Waals surface area (Å²) in [6.45, 7) is 5.65. The summed E-state index contributed by atoms with van der Waals surface area (Å²) >= 11 is 0. The van der Waals surface area contributed by atoms with Gasteiger partial charge in [-0.05, 0) is 6.92 Å². The Kier molecular flexibility index (Phi) is 9.66. The van der Waals surface area contributed by atoms with Gasteiger partial charge >= 0.3 is 23.9 Å². The summed E-state index contributed by atoms with van der Waals surface area (Å²) in [6.07, 6.45) is -6.08. The molecule has 0 aliphatic carbocycles. The standard InChI is InChI=1S/C18H27NO11/c1-8(17(24)25-6)27-16-14(19-9(2)20)18(29-12(5)23)30-13(7-26-10(3)21)15(16)28-11(4)22/h8,13-16,18H,7H2,1-6H3,(H,19,20)/t8-,13-,14-,15-,16-,18?/m1/s1. The highest BCUT2D eigenvalue weighted by atomic mass is 16.7. The van der Waals surface area contributed by atoms with Crippen molar-refractivity contribution in [3.63, 3.8) is 0 Å². The van der Waals surface area contributed by atoms with Crippen LogP contribution >= 0.6 is 0 Å². The Labute approximate surface area is 173 Å². The number of carbonyl (C=O) groups is 5. The zero-order chi connectivity index (χ0) is 23.0. The quantitative estimate of drug-likeness (QED) is 0.379. The van der Waals surface area contributed by atoms with E-state index < -0.39 is 66.5 Å². The molecule has 170 valence electrons. The van der Waals surface area contributed by atoms with Gasteiger partial charge in [-0.1, -0.05) is 0 Å². The molecule has 1 aliphatic rings. The number of esters is 4. The molecule has 1 saturated heterocycles. The summed E-state index contributed by atoms with van der Waals surface area (Å²) in [5, 5.41) is 2.52. The van der Waals surface area contributed by atoms with E-state index in [4.69, 9.17) is 23.7 Å². The van der Waals surface area contributed by atoms with Crippen molar-refractivity contribution in [2.45, 2.75) is 71.4 Å². The molecular formula is C18H27NO11. The monoisotopic (exact) mass is 433 g/mol. The first kappa shape index (κ1) is 25.3. The van der Waals surface area contributed by atoms with Crippen molar-refractivity contribution < 1.29 is 52.4 Å². The van der Waals surface area contributed by atoms with Crippen molar-refractivity contribution in [1.82, 2.24) is 5.32 Å². The zero-order valence-corrected chi connectivity index (χ0v) is 17.7. The first-order chi connectivity index (χ1) is 14.0. The molecule has 30 heavy (non-hydrogen) atoms. The van der Waals surface area contributed by atoms with Crippen molar-refractivity contribution in [2.24, 2.45) is 0 Å². The lowest BCUT2D eigenvalue weighted by molar-refractivity contribution is -0.278. The van der Waals surface area contributed by atoms with Crippen LogP contribution in [0.25, 0.3) is 0 Å². The Morgan fingerprint density at radius 2 is 1.53 bits per heavy atom. The first-order valence-electron chi connectivity index (χ1n) is 9.09. The molecule has 1 fully saturated rings. The van der Waals surface area contributed by atoms with E-state index in [9.17, 15) is 24.0 Å². The summed E-state index contributed by atoms with van der Waals surface area (Å²) in [5.74, 6) is -3.34. The summed E-state index contributed by atoms with van der Waals surface area (Å²) in [7, 11) is 1.16. The van der Waals surface area contributed by atoms with Gasteiger partial charge in [-0.15, -0.1) is 0 Å². The molecule has 0 saturated carbocycles. The second-order valence-electron chi connectivity index (χ2n) is 6.52. The third kappa shape index (κ3) is 7.59. The van der Waals surface area contributed by atoms with Gasteiger partial charge in [0.1, 0.15) is 24.9 Å². The lowest BCUT2D eigenvalue weighted by Crippen LogP contribution is -2.67. The van der Waals surface area contributed by atoms with Crippen LogP contribution in [-0.2, 0) is 52.4 Å². The molecule has 6 atom stereocenters. The zero-order valence-electron chi connectivity index (χ0n) is 17.7. The Balaban J connectivity index is 3.37. The van der Waals surface area contributed by atoms with Crippen molar-refractivity contribution in [3.8, 4) is 0 Å². The number of amides is 1. The van der Waals surface area contributed by atoms with Crippen molar-refractivity contribution >= 4 is 29.8 Å². The summed E-state index contributed by atoms with van der Waals surface area (Å²) in [5.41, 5.74) is 0. The summed E-state index contributed by atoms with van der Waals surface area (Å²) in [4.78, 5) is 58.1. The second kappa shape index (κ2) is 11.5. The number of carbonyl (C=O) groups excluding carboxylic acids is 5. The lowest BCUT2D eigenvalue weighted by Gasteiger charge is -2.45. The van der Waals surface area contributed by atoms with Crippen LogP contribution in [0.5, 0.6) is 0 Å². The maximum Gasteiger partial charge on any atom is 0.334 e. The molecule has 12 heteroatoms. The van der Waals surface area contributed by atoms with Gasteiger partial charge in [-0.25, -0.2) is 4.79 Å². The number of hydrogen-bond acceptors (Lipinski definition) is 11. The van der Waals surface area contributed by atoms with Crippen molar-refractivity contribution in [1.29, 1.82) is 0 Å². The van der Waals surface area contributed by atoms with Gasteiger partial charge in [-0.3, -0.25) is 19.2 Å². The molecule has 0 aromatic carbocycles. The van der Waals surface area contributed by atoms with Crippen LogP contribution in [0, 0.1) is 0 Å². The van der Waals surface area contributed by atoms with Crippen LogP contribution in [-0.4, -0.2) is 80.2 Å². The third-order valence-corrected chi connectivity index (χ3v) is 3.95. The van der Waals surface area contributed by atoms with Gasteiger partial charge in [-0.2, -0.15) is 0 Å². The fourth-order valence-corrected chi connectivity index (χ4v) is 2.84. The average Bonchev–Trinajstić information content (AvgIpc) is 2.62. The normalized spacial score (nSPS) is 26.7. The Bertz CT molecular complexity index is 665. The van der Waals surface area contributed by atoms with E-state index in [2.05, 4.69) is 10.1 Å². The highest BCUT2D eigenvalue weighted by molar-refractivity contribution is 5.74. The fourth-order valence-electron chi connectivity index (χ4n) is 2.84. The number of methoxy groups -OCH3 is 1. The molecule has 0 aromatic heterocycles. The van der Waals surface area contributed by atoms with Gasteiger partial charge < -0.3 is 33.7 Å². The van der Waals surface area contributed by atoms with Crippen LogP contribution in [0.1, 0.15) is 34.6 Å². The number of nitrogens with one attached hydrogen (secondary N) is 1. The topological polar surface area (TPSA) is 153 Å². The van der Waals surface area contributed by atoms with Crippen LogP contribution in [0.4, 0.5) is 0 Å². The van der Waals surface area contributed by atoms with Crippen LogP contribution in [0.3, 0.4) is 0 Å². The molecule has 1 unspecified atom stereocenters. The minimum absolute atomic E-state index is 0.371. The molecule has 1 amide bonds. The fraction of sp³-hybridized carbons (Fsp3) is 0.722.